The van der Waals surface area contributed by atoms with Gasteiger partial charge in [0.25, 0.3) is 0 Å². The van der Waals surface area contributed by atoms with Crippen molar-refractivity contribution in [1.29, 1.82) is 0 Å². The van der Waals surface area contributed by atoms with E-state index in [4.69, 9.17) is 0 Å². The molecular formula is C26H30N2S3. The van der Waals surface area contributed by atoms with Crippen molar-refractivity contribution in [2.24, 2.45) is 5.41 Å². The average Bonchev–Trinajstić information content (AvgIpc) is 3.44. The Hall–Kier alpha value is -1.84. The predicted molar refractivity (Wildman–Crippen MR) is 140 cm³/mol. The van der Waals surface area contributed by atoms with Crippen LogP contribution in [0.15, 0.2) is 64.1 Å². The maximum absolute atomic E-state index is 4.46. The third-order valence-electron chi connectivity index (χ3n) is 4.48. The smallest absolute Gasteiger partial charge is 0.0795 e. The van der Waals surface area contributed by atoms with Gasteiger partial charge in [0.2, 0.25) is 0 Å². The Morgan fingerprint density at radius 2 is 2.03 bits per heavy atom. The SMILES string of the molecule is CC(C)(C)C#C/C=C/CN(CCSCc1cccc(-c2ccsc2)c1)Cc1cscn1. The number of thiazole rings is 1. The first kappa shape index (κ1) is 23.8. The minimum Gasteiger partial charge on any atom is -0.293 e. The summed E-state index contributed by atoms with van der Waals surface area (Å²) in [6, 6.07) is 11.1. The quantitative estimate of drug-likeness (QED) is 0.232. The average molecular weight is 467 g/mol. The zero-order valence-corrected chi connectivity index (χ0v) is 21.0. The van der Waals surface area contributed by atoms with E-state index in [1.165, 1.54) is 16.7 Å². The Balaban J connectivity index is 1.49. The fourth-order valence-corrected chi connectivity index (χ4v) is 5.11. The van der Waals surface area contributed by atoms with Crippen LogP contribution in [-0.4, -0.2) is 28.7 Å². The molecule has 0 spiro atoms. The number of rotatable bonds is 10. The van der Waals surface area contributed by atoms with Crippen LogP contribution >= 0.6 is 34.4 Å². The van der Waals surface area contributed by atoms with Gasteiger partial charge in [0.05, 0.1) is 11.2 Å². The molecular weight excluding hydrogens is 437 g/mol. The number of thiophene rings is 1. The maximum Gasteiger partial charge on any atom is 0.0795 e. The third-order valence-corrected chi connectivity index (χ3v) is 6.81. The molecule has 2 heterocycles. The second-order valence-corrected chi connectivity index (χ2v) is 11.0. The van der Waals surface area contributed by atoms with Crippen LogP contribution < -0.4 is 0 Å². The lowest BCUT2D eigenvalue weighted by atomic mass is 9.98. The topological polar surface area (TPSA) is 16.1 Å². The zero-order valence-electron chi connectivity index (χ0n) is 18.5. The maximum atomic E-state index is 4.46. The van der Waals surface area contributed by atoms with Gasteiger partial charge in [-0.3, -0.25) is 4.90 Å². The zero-order chi connectivity index (χ0) is 21.9. The van der Waals surface area contributed by atoms with Crippen LogP contribution in [0.2, 0.25) is 0 Å². The molecule has 0 aliphatic carbocycles. The summed E-state index contributed by atoms with van der Waals surface area (Å²) in [6.07, 6.45) is 4.16. The van der Waals surface area contributed by atoms with Crippen LogP contribution in [0, 0.1) is 17.3 Å². The lowest BCUT2D eigenvalue weighted by molar-refractivity contribution is 0.310. The summed E-state index contributed by atoms with van der Waals surface area (Å²) < 4.78 is 0. The van der Waals surface area contributed by atoms with Crippen molar-refractivity contribution < 1.29 is 0 Å². The molecule has 3 aromatic rings. The highest BCUT2D eigenvalue weighted by molar-refractivity contribution is 7.98. The van der Waals surface area contributed by atoms with E-state index in [0.717, 1.165) is 36.8 Å². The Morgan fingerprint density at radius 1 is 1.13 bits per heavy atom. The van der Waals surface area contributed by atoms with Crippen LogP contribution in [0.25, 0.3) is 11.1 Å². The highest BCUT2D eigenvalue weighted by Crippen LogP contribution is 2.24. The van der Waals surface area contributed by atoms with Gasteiger partial charge in [-0.05, 0) is 60.4 Å². The van der Waals surface area contributed by atoms with Gasteiger partial charge in [-0.1, -0.05) is 42.2 Å². The van der Waals surface area contributed by atoms with Crippen molar-refractivity contribution >= 4 is 34.4 Å². The lowest BCUT2D eigenvalue weighted by Gasteiger charge is -2.19. The molecule has 2 aromatic heterocycles. The molecule has 1 aromatic carbocycles. The molecule has 0 aliphatic rings. The molecule has 31 heavy (non-hydrogen) atoms. The Bertz CT molecular complexity index is 987. The van der Waals surface area contributed by atoms with Crippen LogP contribution in [0.5, 0.6) is 0 Å². The van der Waals surface area contributed by atoms with Gasteiger partial charge in [-0.15, -0.1) is 11.3 Å². The molecule has 0 unspecified atom stereocenters. The fraction of sp³-hybridized carbons (Fsp3) is 0.346. The number of aromatic nitrogens is 1. The second-order valence-electron chi connectivity index (χ2n) is 8.40. The summed E-state index contributed by atoms with van der Waals surface area (Å²) in [5.41, 5.74) is 7.11. The first-order valence-electron chi connectivity index (χ1n) is 10.5. The number of allylic oxidation sites excluding steroid dienone is 1. The minimum atomic E-state index is 0.0436. The van der Waals surface area contributed by atoms with Crippen LogP contribution in [-0.2, 0) is 12.3 Å². The molecule has 0 N–H and O–H groups in total. The molecule has 3 rings (SSSR count). The summed E-state index contributed by atoms with van der Waals surface area (Å²) in [5.74, 6) is 8.56. The van der Waals surface area contributed by atoms with E-state index in [-0.39, 0.29) is 5.41 Å². The van der Waals surface area contributed by atoms with E-state index in [1.807, 2.05) is 23.3 Å². The van der Waals surface area contributed by atoms with Gasteiger partial charge in [-0.25, -0.2) is 4.98 Å². The summed E-state index contributed by atoms with van der Waals surface area (Å²) in [5, 5.41) is 6.48. The van der Waals surface area contributed by atoms with Gasteiger partial charge < -0.3 is 0 Å². The molecule has 0 atom stereocenters. The Labute approximate surface area is 199 Å². The summed E-state index contributed by atoms with van der Waals surface area (Å²) in [6.45, 7) is 9.21. The molecule has 0 saturated carbocycles. The summed E-state index contributed by atoms with van der Waals surface area (Å²) in [4.78, 5) is 6.91. The van der Waals surface area contributed by atoms with E-state index < -0.39 is 0 Å². The standard InChI is InChI=1S/C26H30N2S3/c1-26(2,3)11-5-4-6-12-28(17-25-20-31-21-27-25)13-15-30-18-22-8-7-9-23(16-22)24-10-14-29-19-24/h4,6-10,14,16,19-21H,12-13,15,17-18H2,1-3H3/b6-4+. The molecule has 0 radical (unpaired) electrons. The Morgan fingerprint density at radius 3 is 2.77 bits per heavy atom. The van der Waals surface area contributed by atoms with Gasteiger partial charge >= 0.3 is 0 Å². The number of thioether (sulfide) groups is 1. The molecule has 162 valence electrons. The normalized spacial score (nSPS) is 11.7. The first-order chi connectivity index (χ1) is 15.0. The fourth-order valence-electron chi connectivity index (χ4n) is 2.95. The van der Waals surface area contributed by atoms with Crippen LogP contribution in [0.3, 0.4) is 0 Å². The van der Waals surface area contributed by atoms with Gasteiger partial charge in [0.1, 0.15) is 0 Å². The number of hydrogen-bond donors (Lipinski definition) is 0. The van der Waals surface area contributed by atoms with Crippen molar-refractivity contribution in [2.75, 3.05) is 18.8 Å². The van der Waals surface area contributed by atoms with Gasteiger partial charge in [0, 0.05) is 41.9 Å². The summed E-state index contributed by atoms with van der Waals surface area (Å²) >= 11 is 5.40. The largest absolute Gasteiger partial charge is 0.293 e. The molecule has 2 nitrogen and oxygen atoms in total. The summed E-state index contributed by atoms with van der Waals surface area (Å²) in [7, 11) is 0. The third kappa shape index (κ3) is 9.04. The number of hydrogen-bond acceptors (Lipinski definition) is 5. The lowest BCUT2D eigenvalue weighted by Crippen LogP contribution is -2.26. The highest BCUT2D eigenvalue weighted by Gasteiger charge is 2.07. The monoisotopic (exact) mass is 466 g/mol. The van der Waals surface area contributed by atoms with Crippen LogP contribution in [0.1, 0.15) is 32.0 Å². The van der Waals surface area contributed by atoms with Gasteiger partial charge in [-0.2, -0.15) is 23.1 Å². The number of benzene rings is 1. The van der Waals surface area contributed by atoms with E-state index in [2.05, 4.69) is 95.0 Å². The van der Waals surface area contributed by atoms with Crippen molar-refractivity contribution in [2.45, 2.75) is 33.1 Å². The predicted octanol–water partition coefficient (Wildman–Crippen LogP) is 7.21. The molecule has 5 heteroatoms. The number of nitrogens with zero attached hydrogens (tertiary/aromatic N) is 2. The molecule has 0 aliphatic heterocycles. The van der Waals surface area contributed by atoms with E-state index in [1.54, 1.807) is 22.7 Å². The first-order valence-corrected chi connectivity index (χ1v) is 13.5. The van der Waals surface area contributed by atoms with Gasteiger partial charge in [0.15, 0.2) is 0 Å². The van der Waals surface area contributed by atoms with Crippen molar-refractivity contribution in [3.05, 3.63) is 75.4 Å². The van der Waals surface area contributed by atoms with Crippen molar-refractivity contribution in [3.8, 4) is 23.0 Å². The molecule has 0 saturated heterocycles. The highest BCUT2D eigenvalue weighted by atomic mass is 32.2. The molecule has 0 bridgehead atoms. The van der Waals surface area contributed by atoms with Crippen molar-refractivity contribution in [1.82, 2.24) is 9.88 Å². The van der Waals surface area contributed by atoms with Crippen LogP contribution in [0.4, 0.5) is 0 Å². The van der Waals surface area contributed by atoms with E-state index in [9.17, 15) is 0 Å². The molecule has 0 amide bonds. The minimum absolute atomic E-state index is 0.0436. The molecule has 0 fully saturated rings. The Kier molecular flexibility index (Phi) is 9.42. The van der Waals surface area contributed by atoms with Crippen molar-refractivity contribution in [3.63, 3.8) is 0 Å². The second kappa shape index (κ2) is 12.3. The van der Waals surface area contributed by atoms with E-state index >= 15 is 0 Å². The van der Waals surface area contributed by atoms with E-state index in [0.29, 0.717) is 0 Å².